The van der Waals surface area contributed by atoms with Gasteiger partial charge in [0.2, 0.25) is 5.91 Å². The number of amides is 1. The lowest BCUT2D eigenvalue weighted by Crippen LogP contribution is -2.55. The first-order chi connectivity index (χ1) is 18.2. The average molecular weight is 555 g/mol. The van der Waals surface area contributed by atoms with Gasteiger partial charge in [-0.3, -0.25) is 9.52 Å². The lowest BCUT2D eigenvalue weighted by Gasteiger charge is -2.41. The second kappa shape index (κ2) is 10.8. The Morgan fingerprint density at radius 2 is 1.74 bits per heavy atom. The third kappa shape index (κ3) is 5.56. The third-order valence-electron chi connectivity index (χ3n) is 7.17. The summed E-state index contributed by atoms with van der Waals surface area (Å²) in [6, 6.07) is 14.0. The van der Waals surface area contributed by atoms with Crippen LogP contribution in [0.1, 0.15) is 24.6 Å². The molecule has 2 aliphatic rings. The van der Waals surface area contributed by atoms with Crippen molar-refractivity contribution in [3.63, 3.8) is 0 Å². The van der Waals surface area contributed by atoms with E-state index in [4.69, 9.17) is 11.6 Å². The van der Waals surface area contributed by atoms with Crippen LogP contribution in [0.2, 0.25) is 5.02 Å². The van der Waals surface area contributed by atoms with Gasteiger partial charge in [-0.05, 0) is 74.7 Å². The number of hydrogen-bond donors (Lipinski definition) is 1. The summed E-state index contributed by atoms with van der Waals surface area (Å²) in [4.78, 5) is 27.8. The normalized spacial score (nSPS) is 16.7. The monoisotopic (exact) mass is 554 g/mol. The molecule has 1 amide bonds. The van der Waals surface area contributed by atoms with Crippen LogP contribution in [0, 0.1) is 6.92 Å². The molecular weight excluding hydrogens is 524 g/mol. The standard InChI is InChI=1S/C27H31ClN6O3S/c1-19-16-26(30-18-29-19)31-38(36,37)24-8-6-23(7-9-24)32-12-14-33(15-13-32)27(35)20(2)34-11-3-4-21-17-22(28)5-10-25(21)34/h5-10,16-18,20H,3-4,11-15H2,1-2H3,(H,29,30,31). The molecule has 1 atom stereocenters. The van der Waals surface area contributed by atoms with E-state index in [0.29, 0.717) is 31.9 Å². The van der Waals surface area contributed by atoms with Crippen LogP contribution >= 0.6 is 11.6 Å². The Morgan fingerprint density at radius 1 is 1.00 bits per heavy atom. The Bertz CT molecular complexity index is 1420. The summed E-state index contributed by atoms with van der Waals surface area (Å²) >= 11 is 6.19. The van der Waals surface area contributed by atoms with E-state index in [0.717, 1.165) is 35.8 Å². The quantitative estimate of drug-likeness (QED) is 0.495. The fraction of sp³-hybridized carbons (Fsp3) is 0.370. The number of hydrogen-bond acceptors (Lipinski definition) is 7. The molecule has 0 aliphatic carbocycles. The fourth-order valence-corrected chi connectivity index (χ4v) is 6.32. The number of aromatic nitrogens is 2. The molecule has 9 nitrogen and oxygen atoms in total. The predicted molar refractivity (Wildman–Crippen MR) is 149 cm³/mol. The number of fused-ring (bicyclic) bond motifs is 1. The van der Waals surface area contributed by atoms with Gasteiger partial charge in [-0.2, -0.15) is 0 Å². The van der Waals surface area contributed by atoms with Crippen molar-refractivity contribution in [2.24, 2.45) is 0 Å². The van der Waals surface area contributed by atoms with Crippen molar-refractivity contribution in [3.8, 4) is 0 Å². The second-order valence-corrected chi connectivity index (χ2v) is 11.8. The van der Waals surface area contributed by atoms with Crippen molar-refractivity contribution < 1.29 is 13.2 Å². The van der Waals surface area contributed by atoms with Gasteiger partial charge < -0.3 is 14.7 Å². The summed E-state index contributed by atoms with van der Waals surface area (Å²) in [6.07, 6.45) is 3.30. The number of sulfonamides is 1. The maximum atomic E-state index is 13.4. The first-order valence-corrected chi connectivity index (χ1v) is 14.6. The molecular formula is C27H31ClN6O3S. The van der Waals surface area contributed by atoms with Gasteiger partial charge in [-0.15, -0.1) is 0 Å². The van der Waals surface area contributed by atoms with Crippen molar-refractivity contribution in [2.75, 3.05) is 47.2 Å². The zero-order valence-electron chi connectivity index (χ0n) is 21.5. The number of nitrogens with one attached hydrogen (secondary N) is 1. The number of carbonyl (C=O) groups excluding carboxylic acids is 1. The van der Waals surface area contributed by atoms with Crippen LogP contribution in [0.25, 0.3) is 0 Å². The van der Waals surface area contributed by atoms with Crippen molar-refractivity contribution in [1.29, 1.82) is 0 Å². The number of aryl methyl sites for hydroxylation is 2. The van der Waals surface area contributed by atoms with Gasteiger partial charge in [0.15, 0.2) is 0 Å². The minimum atomic E-state index is -3.77. The Kier molecular flexibility index (Phi) is 7.45. The van der Waals surface area contributed by atoms with Crippen molar-refractivity contribution in [1.82, 2.24) is 14.9 Å². The molecule has 200 valence electrons. The molecule has 0 bridgehead atoms. The highest BCUT2D eigenvalue weighted by Crippen LogP contribution is 2.31. The van der Waals surface area contributed by atoms with Gasteiger partial charge >= 0.3 is 0 Å². The van der Waals surface area contributed by atoms with Crippen LogP contribution in [0.5, 0.6) is 0 Å². The predicted octanol–water partition coefficient (Wildman–Crippen LogP) is 3.73. The molecule has 0 saturated carbocycles. The van der Waals surface area contributed by atoms with Crippen molar-refractivity contribution in [3.05, 3.63) is 71.1 Å². The van der Waals surface area contributed by atoms with E-state index in [2.05, 4.69) is 24.5 Å². The summed E-state index contributed by atoms with van der Waals surface area (Å²) in [5.41, 5.74) is 3.88. The maximum absolute atomic E-state index is 13.4. The Labute approximate surface area is 228 Å². The number of benzene rings is 2. The van der Waals surface area contributed by atoms with Gasteiger partial charge in [0, 0.05) is 60.9 Å². The lowest BCUT2D eigenvalue weighted by atomic mass is 10.00. The summed E-state index contributed by atoms with van der Waals surface area (Å²) < 4.78 is 28.0. The molecule has 3 heterocycles. The van der Waals surface area contributed by atoms with Crippen LogP contribution in [0.4, 0.5) is 17.2 Å². The summed E-state index contributed by atoms with van der Waals surface area (Å²) in [5.74, 6) is 0.355. The molecule has 1 unspecified atom stereocenters. The van der Waals surface area contributed by atoms with Crippen LogP contribution in [0.15, 0.2) is 59.8 Å². The number of halogens is 1. The van der Waals surface area contributed by atoms with Crippen LogP contribution in [-0.2, 0) is 21.2 Å². The first-order valence-electron chi connectivity index (χ1n) is 12.7. The van der Waals surface area contributed by atoms with Gasteiger partial charge in [-0.1, -0.05) is 11.6 Å². The topological polar surface area (TPSA) is 98.7 Å². The zero-order valence-corrected chi connectivity index (χ0v) is 23.0. The number of rotatable bonds is 6. The number of piperazine rings is 1. The van der Waals surface area contributed by atoms with Crippen LogP contribution in [0.3, 0.4) is 0 Å². The van der Waals surface area contributed by atoms with Crippen LogP contribution < -0.4 is 14.5 Å². The minimum absolute atomic E-state index is 0.125. The number of nitrogens with zero attached hydrogens (tertiary/aromatic N) is 5. The maximum Gasteiger partial charge on any atom is 0.263 e. The van der Waals surface area contributed by atoms with E-state index >= 15 is 0 Å². The minimum Gasteiger partial charge on any atom is -0.368 e. The number of anilines is 3. The molecule has 1 N–H and O–H groups in total. The fourth-order valence-electron chi connectivity index (χ4n) is 5.12. The molecule has 11 heteroatoms. The van der Waals surface area contributed by atoms with Gasteiger partial charge in [0.1, 0.15) is 18.2 Å². The molecule has 5 rings (SSSR count). The molecule has 0 radical (unpaired) electrons. The van der Waals surface area contributed by atoms with Crippen molar-refractivity contribution in [2.45, 2.75) is 37.6 Å². The average Bonchev–Trinajstić information content (AvgIpc) is 2.91. The Hall–Kier alpha value is -3.37. The van der Waals surface area contributed by atoms with E-state index in [-0.39, 0.29) is 22.7 Å². The van der Waals surface area contributed by atoms with E-state index in [9.17, 15) is 13.2 Å². The summed E-state index contributed by atoms with van der Waals surface area (Å²) in [6.45, 7) is 7.17. The molecule has 0 spiro atoms. The summed E-state index contributed by atoms with van der Waals surface area (Å²) in [5, 5.41) is 0.725. The molecule has 38 heavy (non-hydrogen) atoms. The molecule has 1 fully saturated rings. The largest absolute Gasteiger partial charge is 0.368 e. The highest BCUT2D eigenvalue weighted by Gasteiger charge is 2.31. The van der Waals surface area contributed by atoms with Gasteiger partial charge in [-0.25, -0.2) is 18.4 Å². The second-order valence-electron chi connectivity index (χ2n) is 9.70. The smallest absolute Gasteiger partial charge is 0.263 e. The van der Waals surface area contributed by atoms with E-state index in [1.807, 2.05) is 30.0 Å². The zero-order chi connectivity index (χ0) is 26.9. The van der Waals surface area contributed by atoms with E-state index in [1.165, 1.54) is 11.9 Å². The van der Waals surface area contributed by atoms with E-state index < -0.39 is 10.0 Å². The number of carbonyl (C=O) groups is 1. The first kappa shape index (κ1) is 26.2. The lowest BCUT2D eigenvalue weighted by molar-refractivity contribution is -0.132. The molecule has 2 aromatic carbocycles. The Morgan fingerprint density at radius 3 is 2.45 bits per heavy atom. The SMILES string of the molecule is Cc1cc(NS(=O)(=O)c2ccc(N3CCN(C(=O)C(C)N4CCCc5cc(Cl)ccc54)CC3)cc2)ncn1. The molecule has 2 aliphatic heterocycles. The highest BCUT2D eigenvalue weighted by atomic mass is 35.5. The third-order valence-corrected chi connectivity index (χ3v) is 8.77. The van der Waals surface area contributed by atoms with Gasteiger partial charge in [0.25, 0.3) is 10.0 Å². The van der Waals surface area contributed by atoms with E-state index in [1.54, 1.807) is 37.3 Å². The summed E-state index contributed by atoms with van der Waals surface area (Å²) in [7, 11) is -3.77. The van der Waals surface area contributed by atoms with Gasteiger partial charge in [0.05, 0.1) is 4.90 Å². The van der Waals surface area contributed by atoms with Crippen LogP contribution in [-0.4, -0.2) is 68.0 Å². The Balaban J connectivity index is 1.19. The van der Waals surface area contributed by atoms with Crippen molar-refractivity contribution >= 4 is 44.7 Å². The molecule has 1 aromatic heterocycles. The highest BCUT2D eigenvalue weighted by molar-refractivity contribution is 7.92. The molecule has 3 aromatic rings. The molecule has 1 saturated heterocycles.